The molecular formula is C9H15NO2. The lowest BCUT2D eigenvalue weighted by molar-refractivity contribution is -0.0334. The van der Waals surface area contributed by atoms with E-state index in [2.05, 4.69) is 11.4 Å². The van der Waals surface area contributed by atoms with Crippen LogP contribution in [-0.4, -0.2) is 33.0 Å². The topological polar surface area (TPSA) is 30.5 Å². The predicted molar refractivity (Wildman–Crippen MR) is 47.9 cm³/mol. The third kappa shape index (κ3) is 4.93. The van der Waals surface area contributed by atoms with Crippen LogP contribution in [0.25, 0.3) is 0 Å². The Balaban J connectivity index is 0.000000120. The molecule has 0 atom stereocenters. The Bertz CT molecular complexity index is 127. The maximum absolute atomic E-state index is 4.94. The quantitative estimate of drug-likeness (QED) is 0.579. The molecule has 2 aliphatic heterocycles. The summed E-state index contributed by atoms with van der Waals surface area (Å²) in [5.74, 6) is 0. The van der Waals surface area contributed by atoms with Gasteiger partial charge in [0.2, 0.25) is 0 Å². The molecule has 12 heavy (non-hydrogen) atoms. The van der Waals surface area contributed by atoms with Crippen LogP contribution in [0.3, 0.4) is 0 Å². The molecule has 68 valence electrons. The Morgan fingerprint density at radius 1 is 0.917 bits per heavy atom. The molecule has 2 rings (SSSR count). The van der Waals surface area contributed by atoms with Crippen LogP contribution >= 0.6 is 0 Å². The number of hydrogen-bond donors (Lipinski definition) is 1. The van der Waals surface area contributed by atoms with Gasteiger partial charge in [-0.1, -0.05) is 12.2 Å². The minimum atomic E-state index is 0.778. The fourth-order valence-electron chi connectivity index (χ4n) is 0.846. The van der Waals surface area contributed by atoms with Crippen LogP contribution in [0, 0.1) is 0 Å². The van der Waals surface area contributed by atoms with E-state index in [4.69, 9.17) is 9.47 Å². The Morgan fingerprint density at radius 2 is 1.58 bits per heavy atom. The highest BCUT2D eigenvalue weighted by molar-refractivity contribution is 5.06. The van der Waals surface area contributed by atoms with Gasteiger partial charge in [-0.05, 0) is 12.3 Å². The van der Waals surface area contributed by atoms with E-state index in [1.165, 1.54) is 0 Å². The molecule has 0 aromatic heterocycles. The highest BCUT2D eigenvalue weighted by Gasteiger charge is 1.94. The molecular weight excluding hydrogens is 154 g/mol. The Labute approximate surface area is 73.1 Å². The van der Waals surface area contributed by atoms with Crippen LogP contribution in [0.4, 0.5) is 0 Å². The summed E-state index contributed by atoms with van der Waals surface area (Å²) in [6.07, 6.45) is 8.00. The van der Waals surface area contributed by atoms with Crippen molar-refractivity contribution in [2.24, 2.45) is 0 Å². The largest absolute Gasteiger partial charge is 0.387 e. The number of ether oxygens (including phenoxy) is 2. The van der Waals surface area contributed by atoms with Gasteiger partial charge in [0.25, 0.3) is 0 Å². The smallest absolute Gasteiger partial charge is 0.0701 e. The number of nitrogens with one attached hydrogen (secondary N) is 1. The van der Waals surface area contributed by atoms with Gasteiger partial charge in [0.1, 0.15) is 0 Å². The van der Waals surface area contributed by atoms with E-state index >= 15 is 0 Å². The zero-order chi connectivity index (χ0) is 8.49. The van der Waals surface area contributed by atoms with E-state index < -0.39 is 0 Å². The van der Waals surface area contributed by atoms with Gasteiger partial charge >= 0.3 is 0 Å². The monoisotopic (exact) mass is 169 g/mol. The average Bonchev–Trinajstić information content (AvgIpc) is 2.24. The molecule has 3 heteroatoms. The average molecular weight is 169 g/mol. The summed E-state index contributed by atoms with van der Waals surface area (Å²) in [5, 5.41) is 3.02. The Kier molecular flexibility index (Phi) is 5.33. The number of rotatable bonds is 0. The zero-order valence-electron chi connectivity index (χ0n) is 7.16. The van der Waals surface area contributed by atoms with Gasteiger partial charge in [-0.3, -0.25) is 0 Å². The van der Waals surface area contributed by atoms with Crippen molar-refractivity contribution in [1.29, 1.82) is 0 Å². The molecule has 0 amide bonds. The Hall–Kier alpha value is -0.800. The molecule has 1 fully saturated rings. The van der Waals surface area contributed by atoms with E-state index in [9.17, 15) is 0 Å². The van der Waals surface area contributed by atoms with Crippen molar-refractivity contribution in [2.75, 3.05) is 33.0 Å². The third-order valence-electron chi connectivity index (χ3n) is 1.44. The maximum atomic E-state index is 4.94. The van der Waals surface area contributed by atoms with Crippen LogP contribution in [0.1, 0.15) is 0 Å². The van der Waals surface area contributed by atoms with E-state index in [0.717, 1.165) is 33.0 Å². The lowest BCUT2D eigenvalue weighted by Crippen LogP contribution is -2.16. The highest BCUT2D eigenvalue weighted by Crippen LogP contribution is 1.85. The minimum absolute atomic E-state index is 0.778. The van der Waals surface area contributed by atoms with Crippen LogP contribution in [0.15, 0.2) is 24.4 Å². The van der Waals surface area contributed by atoms with E-state index in [1.54, 1.807) is 0 Å². The van der Waals surface area contributed by atoms with Gasteiger partial charge in [0, 0.05) is 6.54 Å². The summed E-state index contributed by atoms with van der Waals surface area (Å²) < 4.78 is 9.89. The molecule has 0 bridgehead atoms. The van der Waals surface area contributed by atoms with Crippen molar-refractivity contribution >= 4 is 0 Å². The SMILES string of the molecule is C1=CCNC=C1.C1COCCO1. The van der Waals surface area contributed by atoms with Crippen LogP contribution in [0.5, 0.6) is 0 Å². The molecule has 0 aromatic carbocycles. The predicted octanol–water partition coefficient (Wildman–Crippen LogP) is 0.693. The summed E-state index contributed by atoms with van der Waals surface area (Å²) in [6.45, 7) is 4.09. The van der Waals surface area contributed by atoms with Gasteiger partial charge in [-0.25, -0.2) is 0 Å². The van der Waals surface area contributed by atoms with Gasteiger partial charge in [0.15, 0.2) is 0 Å². The maximum Gasteiger partial charge on any atom is 0.0701 e. The number of allylic oxidation sites excluding steroid dienone is 2. The van der Waals surface area contributed by atoms with Crippen LogP contribution < -0.4 is 5.32 Å². The second-order valence-electron chi connectivity index (χ2n) is 2.42. The highest BCUT2D eigenvalue weighted by atomic mass is 16.6. The Morgan fingerprint density at radius 3 is 1.75 bits per heavy atom. The molecule has 2 heterocycles. The fraction of sp³-hybridized carbons (Fsp3) is 0.556. The summed E-state index contributed by atoms with van der Waals surface area (Å²) >= 11 is 0. The first-order valence-corrected chi connectivity index (χ1v) is 4.21. The van der Waals surface area contributed by atoms with Gasteiger partial charge in [-0.2, -0.15) is 0 Å². The van der Waals surface area contributed by atoms with Crippen molar-refractivity contribution in [3.63, 3.8) is 0 Å². The fourth-order valence-corrected chi connectivity index (χ4v) is 0.846. The molecule has 1 saturated heterocycles. The van der Waals surface area contributed by atoms with Gasteiger partial charge in [-0.15, -0.1) is 0 Å². The summed E-state index contributed by atoms with van der Waals surface area (Å²) in [6, 6.07) is 0. The molecule has 0 radical (unpaired) electrons. The van der Waals surface area contributed by atoms with E-state index in [1.807, 2.05) is 18.4 Å². The lowest BCUT2D eigenvalue weighted by atomic mass is 10.4. The zero-order valence-corrected chi connectivity index (χ0v) is 7.16. The molecule has 0 aromatic rings. The van der Waals surface area contributed by atoms with Crippen molar-refractivity contribution in [3.8, 4) is 0 Å². The molecule has 2 aliphatic rings. The first-order valence-electron chi connectivity index (χ1n) is 4.21. The van der Waals surface area contributed by atoms with Gasteiger partial charge in [0.05, 0.1) is 26.4 Å². The van der Waals surface area contributed by atoms with E-state index in [-0.39, 0.29) is 0 Å². The molecule has 3 nitrogen and oxygen atoms in total. The van der Waals surface area contributed by atoms with Crippen molar-refractivity contribution in [1.82, 2.24) is 5.32 Å². The molecule has 0 unspecified atom stereocenters. The first kappa shape index (κ1) is 9.29. The summed E-state index contributed by atoms with van der Waals surface area (Å²) in [4.78, 5) is 0. The number of dihydropyridines is 1. The van der Waals surface area contributed by atoms with E-state index in [0.29, 0.717) is 0 Å². The minimum Gasteiger partial charge on any atom is -0.387 e. The summed E-state index contributed by atoms with van der Waals surface area (Å²) in [7, 11) is 0. The van der Waals surface area contributed by atoms with Gasteiger partial charge < -0.3 is 14.8 Å². The molecule has 0 aliphatic carbocycles. The normalized spacial score (nSPS) is 20.7. The first-order chi connectivity index (χ1) is 6.00. The standard InChI is InChI=1S/C5H7N.C4H8O2/c1-2-4-6-5-3-1;1-2-6-4-3-5-1/h1-4,6H,5H2;1-4H2. The second-order valence-corrected chi connectivity index (χ2v) is 2.42. The number of hydrogen-bond acceptors (Lipinski definition) is 3. The third-order valence-corrected chi connectivity index (χ3v) is 1.44. The molecule has 0 spiro atoms. The molecule has 1 N–H and O–H groups in total. The van der Waals surface area contributed by atoms with Crippen LogP contribution in [0.2, 0.25) is 0 Å². The second kappa shape index (κ2) is 6.88. The van der Waals surface area contributed by atoms with Crippen molar-refractivity contribution in [2.45, 2.75) is 0 Å². The van der Waals surface area contributed by atoms with Crippen molar-refractivity contribution in [3.05, 3.63) is 24.4 Å². The van der Waals surface area contributed by atoms with Crippen molar-refractivity contribution < 1.29 is 9.47 Å². The molecule has 0 saturated carbocycles. The lowest BCUT2D eigenvalue weighted by Gasteiger charge is -2.09. The summed E-state index contributed by atoms with van der Waals surface area (Å²) in [5.41, 5.74) is 0. The van der Waals surface area contributed by atoms with Crippen LogP contribution in [-0.2, 0) is 9.47 Å².